The highest BCUT2D eigenvalue weighted by Gasteiger charge is 2.33. The van der Waals surface area contributed by atoms with E-state index in [4.69, 9.17) is 10.2 Å². The molecule has 0 aromatic rings. The number of carboxylic acids is 1. The summed E-state index contributed by atoms with van der Waals surface area (Å²) in [6.07, 6.45) is 1.59. The summed E-state index contributed by atoms with van der Waals surface area (Å²) < 4.78 is 4.43. The SMILES string of the molecule is COC(=O)CC[C@H](NC(=O)N(CCO)C1CC1)C(=O)O. The van der Waals surface area contributed by atoms with E-state index in [1.165, 1.54) is 12.0 Å². The first kappa shape index (κ1) is 16.2. The van der Waals surface area contributed by atoms with Crippen LogP contribution in [0.15, 0.2) is 0 Å². The Balaban J connectivity index is 2.52. The molecule has 1 fully saturated rings. The fourth-order valence-corrected chi connectivity index (χ4v) is 1.80. The summed E-state index contributed by atoms with van der Waals surface area (Å²) in [5.74, 6) is -1.73. The standard InChI is InChI=1S/C12H20N2O6/c1-20-10(16)5-4-9(11(17)18)13-12(19)14(6-7-15)8-2-3-8/h8-9,15H,2-7H2,1H3,(H,13,19)(H,17,18)/t9-/m0/s1. The number of hydrogen-bond donors (Lipinski definition) is 3. The number of nitrogens with one attached hydrogen (secondary N) is 1. The van der Waals surface area contributed by atoms with Crippen LogP contribution in [-0.4, -0.2) is 65.4 Å². The molecule has 2 amide bonds. The normalized spacial score (nSPS) is 15.3. The van der Waals surface area contributed by atoms with Crippen LogP contribution in [0.5, 0.6) is 0 Å². The minimum Gasteiger partial charge on any atom is -0.480 e. The van der Waals surface area contributed by atoms with Crippen LogP contribution in [0, 0.1) is 0 Å². The lowest BCUT2D eigenvalue weighted by atomic mass is 10.1. The van der Waals surface area contributed by atoms with Crippen molar-refractivity contribution in [1.82, 2.24) is 10.2 Å². The Hall–Kier alpha value is -1.83. The van der Waals surface area contributed by atoms with E-state index in [1.54, 1.807) is 0 Å². The van der Waals surface area contributed by atoms with Gasteiger partial charge in [-0.2, -0.15) is 0 Å². The molecular formula is C12H20N2O6. The average Bonchev–Trinajstić information content (AvgIpc) is 3.23. The fraction of sp³-hybridized carbons (Fsp3) is 0.750. The Labute approximate surface area is 116 Å². The van der Waals surface area contributed by atoms with Gasteiger partial charge >= 0.3 is 18.0 Å². The van der Waals surface area contributed by atoms with Gasteiger partial charge in [-0.05, 0) is 19.3 Å². The number of ether oxygens (including phenoxy) is 1. The number of carbonyl (C=O) groups is 3. The van der Waals surface area contributed by atoms with Crippen molar-refractivity contribution in [2.24, 2.45) is 0 Å². The molecule has 8 heteroatoms. The number of nitrogens with zero attached hydrogens (tertiary/aromatic N) is 1. The molecule has 0 unspecified atom stereocenters. The first-order valence-corrected chi connectivity index (χ1v) is 6.47. The second-order valence-electron chi connectivity index (χ2n) is 4.60. The minimum atomic E-state index is -1.21. The van der Waals surface area contributed by atoms with E-state index in [9.17, 15) is 14.4 Å². The number of carboxylic acid groups (broad SMARTS) is 1. The van der Waals surface area contributed by atoms with Gasteiger partial charge in [0.25, 0.3) is 0 Å². The second kappa shape index (κ2) is 7.68. The van der Waals surface area contributed by atoms with Gasteiger partial charge in [-0.15, -0.1) is 0 Å². The van der Waals surface area contributed by atoms with Crippen LogP contribution in [-0.2, 0) is 14.3 Å². The van der Waals surface area contributed by atoms with Crippen LogP contribution < -0.4 is 5.32 Å². The number of amides is 2. The highest BCUT2D eigenvalue weighted by atomic mass is 16.5. The van der Waals surface area contributed by atoms with Crippen molar-refractivity contribution in [3.8, 4) is 0 Å². The molecule has 1 rings (SSSR count). The van der Waals surface area contributed by atoms with Crippen LogP contribution in [0.1, 0.15) is 25.7 Å². The summed E-state index contributed by atoms with van der Waals surface area (Å²) >= 11 is 0. The maximum absolute atomic E-state index is 12.0. The quantitative estimate of drug-likeness (QED) is 0.521. The number of methoxy groups -OCH3 is 1. The maximum atomic E-state index is 12.0. The van der Waals surface area contributed by atoms with Crippen LogP contribution >= 0.6 is 0 Å². The molecular weight excluding hydrogens is 268 g/mol. The number of aliphatic hydroxyl groups is 1. The Bertz CT molecular complexity index is 369. The molecule has 1 saturated carbocycles. The molecule has 3 N–H and O–H groups in total. The summed E-state index contributed by atoms with van der Waals surface area (Å²) in [6, 6.07) is -1.61. The Kier molecular flexibility index (Phi) is 6.23. The van der Waals surface area contributed by atoms with Gasteiger partial charge in [0.2, 0.25) is 0 Å². The van der Waals surface area contributed by atoms with Crippen molar-refractivity contribution in [1.29, 1.82) is 0 Å². The van der Waals surface area contributed by atoms with Gasteiger partial charge in [0.1, 0.15) is 6.04 Å². The van der Waals surface area contributed by atoms with Crippen molar-refractivity contribution in [3.63, 3.8) is 0 Å². The average molecular weight is 288 g/mol. The highest BCUT2D eigenvalue weighted by molar-refractivity contribution is 5.83. The van der Waals surface area contributed by atoms with Gasteiger partial charge in [-0.3, -0.25) is 4.79 Å². The Morgan fingerprint density at radius 1 is 1.40 bits per heavy atom. The summed E-state index contributed by atoms with van der Waals surface area (Å²) in [7, 11) is 1.22. The van der Waals surface area contributed by atoms with E-state index in [0.29, 0.717) is 0 Å². The third-order valence-corrected chi connectivity index (χ3v) is 3.05. The number of aliphatic carboxylic acids is 1. The third kappa shape index (κ3) is 5.04. The smallest absolute Gasteiger partial charge is 0.326 e. The first-order chi connectivity index (χ1) is 9.49. The van der Waals surface area contributed by atoms with Crippen LogP contribution in [0.4, 0.5) is 4.79 Å². The topological polar surface area (TPSA) is 116 Å². The molecule has 1 aliphatic carbocycles. The lowest BCUT2D eigenvalue weighted by Gasteiger charge is -2.24. The van der Waals surface area contributed by atoms with Gasteiger partial charge in [-0.25, -0.2) is 9.59 Å². The molecule has 0 aromatic heterocycles. The van der Waals surface area contributed by atoms with E-state index in [2.05, 4.69) is 10.1 Å². The Morgan fingerprint density at radius 2 is 2.05 bits per heavy atom. The summed E-state index contributed by atoms with van der Waals surface area (Å²) in [5, 5.41) is 20.3. The molecule has 1 aliphatic rings. The molecule has 0 radical (unpaired) electrons. The third-order valence-electron chi connectivity index (χ3n) is 3.05. The lowest BCUT2D eigenvalue weighted by Crippen LogP contribution is -2.49. The zero-order chi connectivity index (χ0) is 15.1. The molecule has 0 spiro atoms. The van der Waals surface area contributed by atoms with Crippen molar-refractivity contribution in [2.75, 3.05) is 20.3 Å². The number of esters is 1. The number of hydrogen-bond acceptors (Lipinski definition) is 5. The van der Waals surface area contributed by atoms with Gasteiger partial charge < -0.3 is 25.2 Å². The van der Waals surface area contributed by atoms with Crippen molar-refractivity contribution < 1.29 is 29.3 Å². The number of carbonyl (C=O) groups excluding carboxylic acids is 2. The van der Waals surface area contributed by atoms with Crippen LogP contribution in [0.2, 0.25) is 0 Å². The van der Waals surface area contributed by atoms with Crippen LogP contribution in [0.25, 0.3) is 0 Å². The molecule has 20 heavy (non-hydrogen) atoms. The van der Waals surface area contributed by atoms with E-state index >= 15 is 0 Å². The Morgan fingerprint density at radius 3 is 2.50 bits per heavy atom. The van der Waals surface area contributed by atoms with Crippen molar-refractivity contribution in [3.05, 3.63) is 0 Å². The summed E-state index contributed by atoms with van der Waals surface area (Å²) in [5.41, 5.74) is 0. The van der Waals surface area contributed by atoms with Gasteiger partial charge in [0.15, 0.2) is 0 Å². The predicted octanol–water partition coefficient (Wildman–Crippen LogP) is -0.441. The fourth-order valence-electron chi connectivity index (χ4n) is 1.80. The van der Waals surface area contributed by atoms with Crippen molar-refractivity contribution >= 4 is 18.0 Å². The molecule has 0 bridgehead atoms. The van der Waals surface area contributed by atoms with E-state index in [0.717, 1.165) is 12.8 Å². The highest BCUT2D eigenvalue weighted by Crippen LogP contribution is 2.26. The first-order valence-electron chi connectivity index (χ1n) is 6.47. The second-order valence-corrected chi connectivity index (χ2v) is 4.60. The molecule has 1 atom stereocenters. The van der Waals surface area contributed by atoms with Crippen LogP contribution in [0.3, 0.4) is 0 Å². The maximum Gasteiger partial charge on any atom is 0.326 e. The zero-order valence-corrected chi connectivity index (χ0v) is 11.4. The monoisotopic (exact) mass is 288 g/mol. The number of aliphatic hydroxyl groups excluding tert-OH is 1. The lowest BCUT2D eigenvalue weighted by molar-refractivity contribution is -0.142. The number of rotatable bonds is 8. The zero-order valence-electron chi connectivity index (χ0n) is 11.4. The van der Waals surface area contributed by atoms with Gasteiger partial charge in [0, 0.05) is 19.0 Å². The van der Waals surface area contributed by atoms with Gasteiger partial charge in [-0.1, -0.05) is 0 Å². The largest absolute Gasteiger partial charge is 0.480 e. The van der Waals surface area contributed by atoms with Gasteiger partial charge in [0.05, 0.1) is 13.7 Å². The number of urea groups is 1. The predicted molar refractivity (Wildman–Crippen MR) is 68.0 cm³/mol. The van der Waals surface area contributed by atoms with Crippen molar-refractivity contribution in [2.45, 2.75) is 37.8 Å². The molecule has 0 aliphatic heterocycles. The summed E-state index contributed by atoms with van der Waals surface area (Å²) in [4.78, 5) is 35.5. The molecule has 8 nitrogen and oxygen atoms in total. The molecule has 114 valence electrons. The molecule has 0 aromatic carbocycles. The van der Waals surface area contributed by atoms with E-state index in [1.807, 2.05) is 0 Å². The molecule has 0 heterocycles. The minimum absolute atomic E-state index is 0.0363. The van der Waals surface area contributed by atoms with E-state index in [-0.39, 0.29) is 32.0 Å². The van der Waals surface area contributed by atoms with E-state index < -0.39 is 24.0 Å². The summed E-state index contributed by atoms with van der Waals surface area (Å²) in [6.45, 7) is -0.0103. The molecule has 0 saturated heterocycles.